The second-order valence-electron chi connectivity index (χ2n) is 4.97. The third-order valence-electron chi connectivity index (χ3n) is 3.72. The number of carbonyl (C=O) groups is 1. The van der Waals surface area contributed by atoms with Gasteiger partial charge < -0.3 is 10.8 Å². The molecule has 1 fully saturated rings. The Kier molecular flexibility index (Phi) is 3.53. The van der Waals surface area contributed by atoms with Gasteiger partial charge in [0.25, 0.3) is 0 Å². The maximum Gasteiger partial charge on any atom is 0.321 e. The number of hydrogen-bond acceptors (Lipinski definition) is 2. The average molecular weight is 199 g/mol. The summed E-state index contributed by atoms with van der Waals surface area (Å²) in [6, 6.07) is -0.731. The summed E-state index contributed by atoms with van der Waals surface area (Å²) in [4.78, 5) is 10.9. The lowest BCUT2D eigenvalue weighted by Gasteiger charge is -2.39. The van der Waals surface area contributed by atoms with E-state index in [0.29, 0.717) is 5.92 Å². The molecule has 0 heterocycles. The standard InChI is InChI=1S/C11H21NO2/c1-11(2,9(12)10(13)14)8-6-4-3-5-7-8/h8-9H,3-7,12H2,1-2H3,(H,13,14)/t9-/m1/s1. The lowest BCUT2D eigenvalue weighted by molar-refractivity contribution is -0.142. The molecule has 3 N–H and O–H groups in total. The number of rotatable bonds is 3. The van der Waals surface area contributed by atoms with Crippen LogP contribution in [0.2, 0.25) is 0 Å². The fourth-order valence-electron chi connectivity index (χ4n) is 2.42. The maximum atomic E-state index is 10.9. The highest BCUT2D eigenvalue weighted by molar-refractivity contribution is 5.74. The number of carboxylic acid groups (broad SMARTS) is 1. The van der Waals surface area contributed by atoms with Crippen LogP contribution in [0.3, 0.4) is 0 Å². The van der Waals surface area contributed by atoms with Gasteiger partial charge in [0.2, 0.25) is 0 Å². The minimum Gasteiger partial charge on any atom is -0.480 e. The Bertz CT molecular complexity index is 207. The van der Waals surface area contributed by atoms with Crippen molar-refractivity contribution in [3.8, 4) is 0 Å². The van der Waals surface area contributed by atoms with Gasteiger partial charge in [-0.15, -0.1) is 0 Å². The van der Waals surface area contributed by atoms with E-state index in [1.807, 2.05) is 13.8 Å². The molecule has 0 aromatic heterocycles. The molecule has 0 radical (unpaired) electrons. The van der Waals surface area contributed by atoms with E-state index < -0.39 is 12.0 Å². The van der Waals surface area contributed by atoms with Crippen molar-refractivity contribution in [1.82, 2.24) is 0 Å². The van der Waals surface area contributed by atoms with Gasteiger partial charge in [0.15, 0.2) is 0 Å². The van der Waals surface area contributed by atoms with Crippen molar-refractivity contribution in [2.75, 3.05) is 0 Å². The Morgan fingerprint density at radius 2 is 1.86 bits per heavy atom. The van der Waals surface area contributed by atoms with Crippen molar-refractivity contribution < 1.29 is 9.90 Å². The maximum absolute atomic E-state index is 10.9. The van der Waals surface area contributed by atoms with Crippen LogP contribution in [0.15, 0.2) is 0 Å². The molecule has 1 rings (SSSR count). The summed E-state index contributed by atoms with van der Waals surface area (Å²) >= 11 is 0. The van der Waals surface area contributed by atoms with Crippen molar-refractivity contribution in [3.05, 3.63) is 0 Å². The van der Waals surface area contributed by atoms with Crippen LogP contribution in [-0.2, 0) is 4.79 Å². The molecule has 1 saturated carbocycles. The first kappa shape index (κ1) is 11.5. The number of hydrogen-bond donors (Lipinski definition) is 2. The summed E-state index contributed by atoms with van der Waals surface area (Å²) in [6.07, 6.45) is 6.00. The largest absolute Gasteiger partial charge is 0.480 e. The molecule has 1 aliphatic carbocycles. The third kappa shape index (κ3) is 2.27. The topological polar surface area (TPSA) is 63.3 Å². The highest BCUT2D eigenvalue weighted by Crippen LogP contribution is 2.39. The summed E-state index contributed by atoms with van der Waals surface area (Å²) in [5, 5.41) is 8.92. The fraction of sp³-hybridized carbons (Fsp3) is 0.909. The SMILES string of the molecule is CC(C)(C1CCCCC1)[C@H](N)C(=O)O. The average Bonchev–Trinajstić information content (AvgIpc) is 2.18. The molecule has 3 nitrogen and oxygen atoms in total. The Labute approximate surface area is 85.7 Å². The van der Waals surface area contributed by atoms with Gasteiger partial charge in [0.05, 0.1) is 0 Å². The second-order valence-corrected chi connectivity index (χ2v) is 4.97. The van der Waals surface area contributed by atoms with Gasteiger partial charge in [0, 0.05) is 0 Å². The van der Waals surface area contributed by atoms with Gasteiger partial charge in [-0.1, -0.05) is 33.1 Å². The quantitative estimate of drug-likeness (QED) is 0.730. The zero-order valence-corrected chi connectivity index (χ0v) is 9.12. The van der Waals surface area contributed by atoms with E-state index in [0.717, 1.165) is 12.8 Å². The predicted molar refractivity (Wildman–Crippen MR) is 56.0 cm³/mol. The van der Waals surface area contributed by atoms with Crippen molar-refractivity contribution in [1.29, 1.82) is 0 Å². The lowest BCUT2D eigenvalue weighted by Crippen LogP contribution is -2.48. The third-order valence-corrected chi connectivity index (χ3v) is 3.72. The van der Waals surface area contributed by atoms with Gasteiger partial charge in [-0.3, -0.25) is 4.79 Å². The van der Waals surface area contributed by atoms with E-state index >= 15 is 0 Å². The normalized spacial score (nSPS) is 21.9. The molecular weight excluding hydrogens is 178 g/mol. The van der Waals surface area contributed by atoms with Crippen LogP contribution in [-0.4, -0.2) is 17.1 Å². The molecule has 1 atom stereocenters. The second kappa shape index (κ2) is 4.30. The first-order valence-electron chi connectivity index (χ1n) is 5.44. The molecule has 3 heteroatoms. The Balaban J connectivity index is 2.66. The zero-order chi connectivity index (χ0) is 10.8. The summed E-state index contributed by atoms with van der Waals surface area (Å²) in [6.45, 7) is 3.98. The molecule has 82 valence electrons. The smallest absolute Gasteiger partial charge is 0.321 e. The van der Waals surface area contributed by atoms with Crippen LogP contribution >= 0.6 is 0 Å². The molecule has 0 spiro atoms. The monoisotopic (exact) mass is 199 g/mol. The molecule has 0 amide bonds. The molecule has 0 aliphatic heterocycles. The molecule has 1 aliphatic rings. The molecule has 14 heavy (non-hydrogen) atoms. The first-order chi connectivity index (χ1) is 6.46. The molecule has 0 unspecified atom stereocenters. The minimum atomic E-state index is -0.874. The summed E-state index contributed by atoms with van der Waals surface area (Å²) in [5.74, 6) is -0.400. The van der Waals surface area contributed by atoms with E-state index in [4.69, 9.17) is 10.8 Å². The van der Waals surface area contributed by atoms with Gasteiger partial charge in [-0.25, -0.2) is 0 Å². The van der Waals surface area contributed by atoms with Gasteiger partial charge in [0.1, 0.15) is 6.04 Å². The van der Waals surface area contributed by atoms with E-state index in [2.05, 4.69) is 0 Å². The van der Waals surface area contributed by atoms with Crippen molar-refractivity contribution in [3.63, 3.8) is 0 Å². The predicted octanol–water partition coefficient (Wildman–Crippen LogP) is 2.00. The van der Waals surface area contributed by atoms with Crippen molar-refractivity contribution >= 4 is 5.97 Å². The van der Waals surface area contributed by atoms with Gasteiger partial charge in [-0.2, -0.15) is 0 Å². The number of nitrogens with two attached hydrogens (primary N) is 1. The van der Waals surface area contributed by atoms with Gasteiger partial charge >= 0.3 is 5.97 Å². The highest BCUT2D eigenvalue weighted by Gasteiger charge is 2.39. The number of carboxylic acids is 1. The van der Waals surface area contributed by atoms with Gasteiger partial charge in [-0.05, 0) is 24.2 Å². The zero-order valence-electron chi connectivity index (χ0n) is 9.12. The summed E-state index contributed by atoms with van der Waals surface area (Å²) < 4.78 is 0. The van der Waals surface area contributed by atoms with E-state index in [1.165, 1.54) is 19.3 Å². The van der Waals surface area contributed by atoms with E-state index in [-0.39, 0.29) is 5.41 Å². The molecule has 0 saturated heterocycles. The van der Waals surface area contributed by atoms with Crippen LogP contribution in [0.4, 0.5) is 0 Å². The van der Waals surface area contributed by atoms with E-state index in [1.54, 1.807) is 0 Å². The first-order valence-corrected chi connectivity index (χ1v) is 5.44. The summed E-state index contributed by atoms with van der Waals surface area (Å²) in [7, 11) is 0. The Morgan fingerprint density at radius 3 is 2.29 bits per heavy atom. The Morgan fingerprint density at radius 1 is 1.36 bits per heavy atom. The van der Waals surface area contributed by atoms with Crippen LogP contribution in [0, 0.1) is 11.3 Å². The molecular formula is C11H21NO2. The fourth-order valence-corrected chi connectivity index (χ4v) is 2.42. The van der Waals surface area contributed by atoms with Crippen LogP contribution in [0.1, 0.15) is 46.0 Å². The number of aliphatic carboxylic acids is 1. The lowest BCUT2D eigenvalue weighted by atomic mass is 9.67. The Hall–Kier alpha value is -0.570. The summed E-state index contributed by atoms with van der Waals surface area (Å²) in [5.41, 5.74) is 5.45. The van der Waals surface area contributed by atoms with Crippen molar-refractivity contribution in [2.24, 2.45) is 17.1 Å². The van der Waals surface area contributed by atoms with Crippen LogP contribution in [0.5, 0.6) is 0 Å². The molecule has 0 aromatic rings. The van der Waals surface area contributed by atoms with Crippen molar-refractivity contribution in [2.45, 2.75) is 52.0 Å². The van der Waals surface area contributed by atoms with Crippen LogP contribution < -0.4 is 5.73 Å². The highest BCUT2D eigenvalue weighted by atomic mass is 16.4. The minimum absolute atomic E-state index is 0.272. The van der Waals surface area contributed by atoms with Crippen LogP contribution in [0.25, 0.3) is 0 Å². The van der Waals surface area contributed by atoms with E-state index in [9.17, 15) is 4.79 Å². The molecule has 0 bridgehead atoms. The molecule has 0 aromatic carbocycles.